The SMILES string of the molecule is Cc1ccc(-c2cc3c4nnc(SCC(=O)Nc5ccc6c(c5)OCCO6)n4ccn3n2)cc1C. The maximum Gasteiger partial charge on any atom is 0.234 e. The van der Waals surface area contributed by atoms with E-state index in [0.717, 1.165) is 16.8 Å². The molecule has 4 heterocycles. The van der Waals surface area contributed by atoms with Gasteiger partial charge in [0.05, 0.1) is 11.4 Å². The average molecular weight is 487 g/mol. The molecule has 5 aromatic rings. The molecule has 0 unspecified atom stereocenters. The first-order valence-electron chi connectivity index (χ1n) is 11.2. The van der Waals surface area contributed by atoms with E-state index in [4.69, 9.17) is 14.6 Å². The van der Waals surface area contributed by atoms with Gasteiger partial charge in [0, 0.05) is 29.7 Å². The number of thioether (sulfide) groups is 1. The predicted molar refractivity (Wildman–Crippen MR) is 133 cm³/mol. The van der Waals surface area contributed by atoms with Gasteiger partial charge in [-0.2, -0.15) is 5.10 Å². The molecule has 1 N–H and O–H groups in total. The molecule has 1 aliphatic heterocycles. The van der Waals surface area contributed by atoms with Gasteiger partial charge in [-0.3, -0.25) is 9.20 Å². The number of aromatic nitrogens is 5. The van der Waals surface area contributed by atoms with Crippen LogP contribution in [0.2, 0.25) is 0 Å². The number of carbonyl (C=O) groups is 1. The summed E-state index contributed by atoms with van der Waals surface area (Å²) in [5.74, 6) is 1.36. The molecular weight excluding hydrogens is 464 g/mol. The molecule has 0 aliphatic carbocycles. The van der Waals surface area contributed by atoms with Crippen molar-refractivity contribution in [2.24, 2.45) is 0 Å². The fourth-order valence-electron chi connectivity index (χ4n) is 3.98. The minimum atomic E-state index is -0.147. The van der Waals surface area contributed by atoms with E-state index in [1.807, 2.05) is 22.9 Å². The smallest absolute Gasteiger partial charge is 0.234 e. The lowest BCUT2D eigenvalue weighted by Gasteiger charge is -2.18. The third kappa shape index (κ3) is 4.06. The number of nitrogens with one attached hydrogen (secondary N) is 1. The summed E-state index contributed by atoms with van der Waals surface area (Å²) in [6.07, 6.45) is 3.73. The van der Waals surface area contributed by atoms with E-state index in [-0.39, 0.29) is 11.7 Å². The van der Waals surface area contributed by atoms with Gasteiger partial charge < -0.3 is 14.8 Å². The van der Waals surface area contributed by atoms with Crippen molar-refractivity contribution >= 4 is 34.5 Å². The van der Waals surface area contributed by atoms with E-state index < -0.39 is 0 Å². The highest BCUT2D eigenvalue weighted by molar-refractivity contribution is 7.99. The Hall–Kier alpha value is -4.05. The molecule has 0 radical (unpaired) electrons. The Morgan fingerprint density at radius 2 is 1.86 bits per heavy atom. The Morgan fingerprint density at radius 1 is 1.00 bits per heavy atom. The quantitative estimate of drug-likeness (QED) is 0.373. The van der Waals surface area contributed by atoms with E-state index in [9.17, 15) is 4.79 Å². The number of benzene rings is 2. The van der Waals surface area contributed by atoms with Crippen molar-refractivity contribution in [1.29, 1.82) is 0 Å². The highest BCUT2D eigenvalue weighted by Crippen LogP contribution is 2.33. The van der Waals surface area contributed by atoms with Gasteiger partial charge in [-0.25, -0.2) is 4.52 Å². The van der Waals surface area contributed by atoms with Crippen molar-refractivity contribution in [2.75, 3.05) is 24.3 Å². The van der Waals surface area contributed by atoms with E-state index in [0.29, 0.717) is 41.2 Å². The van der Waals surface area contributed by atoms with Crippen molar-refractivity contribution in [1.82, 2.24) is 24.2 Å². The van der Waals surface area contributed by atoms with Crippen molar-refractivity contribution in [2.45, 2.75) is 19.0 Å². The molecule has 0 atom stereocenters. The molecule has 0 bridgehead atoms. The van der Waals surface area contributed by atoms with E-state index >= 15 is 0 Å². The maximum absolute atomic E-state index is 12.6. The van der Waals surface area contributed by atoms with Gasteiger partial charge in [0.15, 0.2) is 22.3 Å². The van der Waals surface area contributed by atoms with Crippen LogP contribution in [0.4, 0.5) is 5.69 Å². The number of rotatable bonds is 5. The number of hydrogen-bond acceptors (Lipinski definition) is 7. The topological polar surface area (TPSA) is 95.0 Å². The highest BCUT2D eigenvalue weighted by Gasteiger charge is 2.16. The largest absolute Gasteiger partial charge is 0.486 e. The van der Waals surface area contributed by atoms with Crippen molar-refractivity contribution in [3.05, 3.63) is 66.0 Å². The molecule has 0 spiro atoms. The van der Waals surface area contributed by atoms with Crippen LogP contribution in [0.5, 0.6) is 11.5 Å². The third-order valence-corrected chi connectivity index (χ3v) is 6.89. The van der Waals surface area contributed by atoms with Crippen molar-refractivity contribution in [3.8, 4) is 22.8 Å². The number of amides is 1. The first-order valence-corrected chi connectivity index (χ1v) is 12.2. The Bertz CT molecular complexity index is 1590. The van der Waals surface area contributed by atoms with Gasteiger partial charge in [-0.15, -0.1) is 10.2 Å². The highest BCUT2D eigenvalue weighted by atomic mass is 32.2. The summed E-state index contributed by atoms with van der Waals surface area (Å²) in [7, 11) is 0. The van der Waals surface area contributed by atoms with Gasteiger partial charge in [-0.05, 0) is 49.2 Å². The van der Waals surface area contributed by atoms with Crippen LogP contribution in [0.1, 0.15) is 11.1 Å². The van der Waals surface area contributed by atoms with Crippen LogP contribution in [0, 0.1) is 13.8 Å². The Kier molecular flexibility index (Phi) is 5.29. The lowest BCUT2D eigenvalue weighted by Crippen LogP contribution is -2.17. The summed E-state index contributed by atoms with van der Waals surface area (Å²) in [6, 6.07) is 13.7. The van der Waals surface area contributed by atoms with Gasteiger partial charge >= 0.3 is 0 Å². The second-order valence-electron chi connectivity index (χ2n) is 8.33. The second-order valence-corrected chi connectivity index (χ2v) is 9.27. The van der Waals surface area contributed by atoms with Crippen LogP contribution in [0.25, 0.3) is 22.4 Å². The minimum absolute atomic E-state index is 0.147. The number of carbonyl (C=O) groups excluding carboxylic acids is 1. The standard InChI is InChI=1S/C25H22N6O3S/c1-15-3-4-17(11-16(15)2)19-13-20-24-27-28-25(30(24)7-8-31(20)29-19)35-14-23(32)26-18-5-6-21-22(12-18)34-10-9-33-21/h3-8,11-13H,9-10,14H2,1-2H3,(H,26,32). The van der Waals surface area contributed by atoms with E-state index in [1.54, 1.807) is 22.7 Å². The lowest BCUT2D eigenvalue weighted by atomic mass is 10.0. The average Bonchev–Trinajstić information content (AvgIpc) is 3.48. The summed E-state index contributed by atoms with van der Waals surface area (Å²) in [5.41, 5.74) is 6.59. The fourth-order valence-corrected chi connectivity index (χ4v) is 4.70. The molecule has 1 aliphatic rings. The zero-order chi connectivity index (χ0) is 23.9. The number of hydrogen-bond donors (Lipinski definition) is 1. The molecule has 2 aromatic carbocycles. The molecule has 0 fully saturated rings. The molecule has 10 heteroatoms. The molecule has 176 valence electrons. The molecule has 0 saturated carbocycles. The zero-order valence-corrected chi connectivity index (χ0v) is 20.0. The summed E-state index contributed by atoms with van der Waals surface area (Å²) in [5, 5.41) is 16.9. The molecule has 6 rings (SSSR count). The summed E-state index contributed by atoms with van der Waals surface area (Å²) in [6.45, 7) is 5.22. The Labute approximate surface area is 205 Å². The van der Waals surface area contributed by atoms with Crippen molar-refractivity contribution in [3.63, 3.8) is 0 Å². The molecule has 3 aromatic heterocycles. The number of fused-ring (bicyclic) bond motifs is 4. The molecule has 9 nitrogen and oxygen atoms in total. The first-order chi connectivity index (χ1) is 17.0. The van der Waals surface area contributed by atoms with Gasteiger partial charge in [0.1, 0.15) is 18.7 Å². The summed E-state index contributed by atoms with van der Waals surface area (Å²) >= 11 is 1.32. The molecule has 1 amide bonds. The summed E-state index contributed by atoms with van der Waals surface area (Å²) < 4.78 is 14.8. The maximum atomic E-state index is 12.6. The Morgan fingerprint density at radius 3 is 2.71 bits per heavy atom. The Balaban J connectivity index is 1.20. The van der Waals surface area contributed by atoms with E-state index in [1.165, 1.54) is 22.9 Å². The normalized spacial score (nSPS) is 12.9. The van der Waals surface area contributed by atoms with Crippen LogP contribution < -0.4 is 14.8 Å². The van der Waals surface area contributed by atoms with Gasteiger partial charge in [0.25, 0.3) is 0 Å². The second kappa shape index (κ2) is 8.62. The first kappa shape index (κ1) is 21.5. The van der Waals surface area contributed by atoms with Crippen LogP contribution in [0.3, 0.4) is 0 Å². The number of anilines is 1. The number of nitrogens with zero attached hydrogens (tertiary/aromatic N) is 5. The predicted octanol–water partition coefficient (Wildman–Crippen LogP) is 4.16. The monoisotopic (exact) mass is 486 g/mol. The van der Waals surface area contributed by atoms with E-state index in [2.05, 4.69) is 47.6 Å². The zero-order valence-electron chi connectivity index (χ0n) is 19.2. The van der Waals surface area contributed by atoms with Crippen LogP contribution in [-0.2, 0) is 4.79 Å². The fraction of sp³-hybridized carbons (Fsp3) is 0.200. The molecule has 35 heavy (non-hydrogen) atoms. The van der Waals surface area contributed by atoms with Gasteiger partial charge in [0.2, 0.25) is 5.91 Å². The summed E-state index contributed by atoms with van der Waals surface area (Å²) in [4.78, 5) is 12.6. The third-order valence-electron chi connectivity index (χ3n) is 5.95. The molecular formula is C25H22N6O3S. The van der Waals surface area contributed by atoms with Crippen LogP contribution >= 0.6 is 11.8 Å². The minimum Gasteiger partial charge on any atom is -0.486 e. The molecule has 0 saturated heterocycles. The van der Waals surface area contributed by atoms with Crippen LogP contribution in [0.15, 0.2) is 60.0 Å². The lowest BCUT2D eigenvalue weighted by molar-refractivity contribution is -0.113. The van der Waals surface area contributed by atoms with Crippen LogP contribution in [-0.4, -0.2) is 49.1 Å². The van der Waals surface area contributed by atoms with Gasteiger partial charge in [-0.1, -0.05) is 23.9 Å². The number of aryl methyl sites for hydroxylation is 2. The van der Waals surface area contributed by atoms with Crippen molar-refractivity contribution < 1.29 is 14.3 Å². The number of ether oxygens (including phenoxy) is 2.